The number of carbonyl (C=O) groups excluding carboxylic acids is 2. The van der Waals surface area contributed by atoms with E-state index in [0.29, 0.717) is 20.9 Å². The standard InChI is InChI=1S/C16H14ClN3O2S3/c1-9-14(22)20(16(23)24-9)8-13(21)19-15-18-7-11(25-15)6-10-4-2-3-5-12(10)17/h2-5,7,9H,6,8H2,1H3,(H,18,19,21). The van der Waals surface area contributed by atoms with Crippen LogP contribution >= 0.6 is 46.9 Å². The molecule has 5 nitrogen and oxygen atoms in total. The number of aromatic nitrogens is 1. The second-order valence-electron chi connectivity index (χ2n) is 5.40. The quantitative estimate of drug-likeness (QED) is 0.762. The Labute approximate surface area is 163 Å². The number of hydrogen-bond donors (Lipinski definition) is 1. The van der Waals surface area contributed by atoms with Gasteiger partial charge in [0.1, 0.15) is 10.9 Å². The predicted molar refractivity (Wildman–Crippen MR) is 106 cm³/mol. The van der Waals surface area contributed by atoms with Crippen LogP contribution in [0.15, 0.2) is 30.5 Å². The number of carbonyl (C=O) groups is 2. The summed E-state index contributed by atoms with van der Waals surface area (Å²) >= 11 is 14.0. The van der Waals surface area contributed by atoms with E-state index < -0.39 is 0 Å². The summed E-state index contributed by atoms with van der Waals surface area (Å²) in [5.41, 5.74) is 1.00. The lowest BCUT2D eigenvalue weighted by molar-refractivity contribution is -0.129. The van der Waals surface area contributed by atoms with Crippen molar-refractivity contribution < 1.29 is 9.59 Å². The molecule has 2 amide bonds. The number of hydrogen-bond acceptors (Lipinski definition) is 6. The summed E-state index contributed by atoms with van der Waals surface area (Å²) in [5, 5.41) is 3.68. The number of rotatable bonds is 5. The fourth-order valence-corrected chi connectivity index (χ4v) is 4.75. The molecule has 2 aromatic rings. The van der Waals surface area contributed by atoms with Gasteiger partial charge in [0.25, 0.3) is 0 Å². The minimum absolute atomic E-state index is 0.0889. The molecule has 1 saturated heterocycles. The van der Waals surface area contributed by atoms with E-state index in [4.69, 9.17) is 23.8 Å². The highest BCUT2D eigenvalue weighted by Gasteiger charge is 2.34. The molecule has 2 heterocycles. The van der Waals surface area contributed by atoms with Crippen LogP contribution in [0.1, 0.15) is 17.4 Å². The molecule has 0 aliphatic carbocycles. The number of thiazole rings is 1. The van der Waals surface area contributed by atoms with Gasteiger partial charge in [-0.05, 0) is 18.6 Å². The summed E-state index contributed by atoms with van der Waals surface area (Å²) in [6, 6.07) is 7.61. The second kappa shape index (κ2) is 7.82. The molecule has 0 saturated carbocycles. The molecule has 9 heteroatoms. The summed E-state index contributed by atoms with van der Waals surface area (Å²) in [7, 11) is 0. The third kappa shape index (κ3) is 4.38. The normalized spacial score (nSPS) is 17.2. The van der Waals surface area contributed by atoms with Crippen LogP contribution in [0.4, 0.5) is 5.13 Å². The first-order valence-electron chi connectivity index (χ1n) is 7.44. The van der Waals surface area contributed by atoms with Crippen LogP contribution in [-0.2, 0) is 16.0 Å². The predicted octanol–water partition coefficient (Wildman–Crippen LogP) is 3.57. The monoisotopic (exact) mass is 411 g/mol. The van der Waals surface area contributed by atoms with Gasteiger partial charge in [-0.15, -0.1) is 11.3 Å². The van der Waals surface area contributed by atoms with Crippen molar-refractivity contribution in [3.63, 3.8) is 0 Å². The van der Waals surface area contributed by atoms with Crippen LogP contribution in [-0.4, -0.2) is 37.8 Å². The molecule has 1 N–H and O–H groups in total. The number of thiocarbonyl (C=S) groups is 1. The highest BCUT2D eigenvalue weighted by Crippen LogP contribution is 2.27. The maximum atomic E-state index is 12.2. The number of nitrogens with zero attached hydrogens (tertiary/aromatic N) is 2. The highest BCUT2D eigenvalue weighted by molar-refractivity contribution is 8.24. The Bertz CT molecular complexity index is 840. The van der Waals surface area contributed by atoms with Crippen molar-refractivity contribution >= 4 is 68.2 Å². The van der Waals surface area contributed by atoms with Gasteiger partial charge in [0, 0.05) is 22.5 Å². The van der Waals surface area contributed by atoms with E-state index >= 15 is 0 Å². The Morgan fingerprint density at radius 1 is 1.44 bits per heavy atom. The maximum absolute atomic E-state index is 12.2. The number of nitrogens with one attached hydrogen (secondary N) is 1. The molecular formula is C16H14ClN3O2S3. The molecule has 1 aliphatic rings. The first kappa shape index (κ1) is 18.3. The summed E-state index contributed by atoms with van der Waals surface area (Å²) < 4.78 is 0.436. The Morgan fingerprint density at radius 2 is 2.20 bits per heavy atom. The van der Waals surface area contributed by atoms with Gasteiger partial charge in [-0.1, -0.05) is 53.8 Å². The van der Waals surface area contributed by atoms with Crippen LogP contribution in [0.25, 0.3) is 0 Å². The van der Waals surface area contributed by atoms with Crippen LogP contribution < -0.4 is 5.32 Å². The summed E-state index contributed by atoms with van der Waals surface area (Å²) in [6.07, 6.45) is 2.36. The summed E-state index contributed by atoms with van der Waals surface area (Å²) in [4.78, 5) is 30.6. The molecule has 0 spiro atoms. The summed E-state index contributed by atoms with van der Waals surface area (Å²) in [5.74, 6) is -0.451. The highest BCUT2D eigenvalue weighted by atomic mass is 35.5. The van der Waals surface area contributed by atoms with E-state index in [1.807, 2.05) is 24.3 Å². The Balaban J connectivity index is 1.60. The summed E-state index contributed by atoms with van der Waals surface area (Å²) in [6.45, 7) is 1.69. The SMILES string of the molecule is CC1SC(=S)N(CC(=O)Nc2ncc(Cc3ccccc3Cl)s2)C1=O. The van der Waals surface area contributed by atoms with Crippen molar-refractivity contribution in [3.8, 4) is 0 Å². The van der Waals surface area contributed by atoms with Crippen molar-refractivity contribution in [1.29, 1.82) is 0 Å². The molecule has 1 aromatic carbocycles. The zero-order chi connectivity index (χ0) is 18.0. The van der Waals surface area contributed by atoms with Crippen molar-refractivity contribution in [1.82, 2.24) is 9.88 Å². The van der Waals surface area contributed by atoms with Gasteiger partial charge in [0.15, 0.2) is 5.13 Å². The van der Waals surface area contributed by atoms with Gasteiger partial charge in [-0.3, -0.25) is 14.5 Å². The van der Waals surface area contributed by atoms with E-state index in [2.05, 4.69) is 10.3 Å². The van der Waals surface area contributed by atoms with Crippen LogP contribution in [0.5, 0.6) is 0 Å². The number of halogens is 1. The Kier molecular flexibility index (Phi) is 5.73. The zero-order valence-electron chi connectivity index (χ0n) is 13.2. The number of thioether (sulfide) groups is 1. The zero-order valence-corrected chi connectivity index (χ0v) is 16.4. The molecule has 1 unspecified atom stereocenters. The Morgan fingerprint density at radius 3 is 2.88 bits per heavy atom. The Hall–Kier alpha value is -1.48. The molecule has 0 bridgehead atoms. The average Bonchev–Trinajstić information content (AvgIpc) is 3.09. The molecule has 0 radical (unpaired) electrons. The fraction of sp³-hybridized carbons (Fsp3) is 0.250. The van der Waals surface area contributed by atoms with Crippen molar-refractivity contribution in [2.24, 2.45) is 0 Å². The smallest absolute Gasteiger partial charge is 0.246 e. The van der Waals surface area contributed by atoms with Gasteiger partial charge in [-0.25, -0.2) is 4.98 Å². The topological polar surface area (TPSA) is 62.3 Å². The first-order chi connectivity index (χ1) is 11.9. The lowest BCUT2D eigenvalue weighted by Crippen LogP contribution is -2.37. The van der Waals surface area contributed by atoms with Crippen molar-refractivity contribution in [2.45, 2.75) is 18.6 Å². The van der Waals surface area contributed by atoms with E-state index in [-0.39, 0.29) is 23.6 Å². The molecule has 1 fully saturated rings. The van der Waals surface area contributed by atoms with Crippen molar-refractivity contribution in [2.75, 3.05) is 11.9 Å². The third-order valence-corrected chi connectivity index (χ3v) is 6.30. The van der Waals surface area contributed by atoms with E-state index in [0.717, 1.165) is 10.4 Å². The average molecular weight is 412 g/mol. The van der Waals surface area contributed by atoms with Crippen molar-refractivity contribution in [3.05, 3.63) is 45.9 Å². The number of anilines is 1. The van der Waals surface area contributed by atoms with Crippen LogP contribution in [0.3, 0.4) is 0 Å². The molecule has 1 aliphatic heterocycles. The first-order valence-corrected chi connectivity index (χ1v) is 9.92. The third-order valence-electron chi connectivity index (χ3n) is 3.54. The van der Waals surface area contributed by atoms with Gasteiger partial charge in [-0.2, -0.15) is 0 Å². The molecule has 3 rings (SSSR count). The minimum Gasteiger partial charge on any atom is -0.300 e. The van der Waals surface area contributed by atoms with E-state index in [1.165, 1.54) is 28.0 Å². The molecular weight excluding hydrogens is 398 g/mol. The largest absolute Gasteiger partial charge is 0.300 e. The van der Waals surface area contributed by atoms with Gasteiger partial charge in [0.05, 0.1) is 5.25 Å². The lowest BCUT2D eigenvalue weighted by Gasteiger charge is -2.13. The number of amides is 2. The van der Waals surface area contributed by atoms with Crippen LogP contribution in [0, 0.1) is 0 Å². The van der Waals surface area contributed by atoms with Gasteiger partial charge in [0.2, 0.25) is 11.8 Å². The van der Waals surface area contributed by atoms with Gasteiger partial charge < -0.3 is 5.32 Å². The maximum Gasteiger partial charge on any atom is 0.246 e. The molecule has 1 atom stereocenters. The minimum atomic E-state index is -0.316. The van der Waals surface area contributed by atoms with Gasteiger partial charge >= 0.3 is 0 Å². The van der Waals surface area contributed by atoms with Crippen LogP contribution in [0.2, 0.25) is 5.02 Å². The second-order valence-corrected chi connectivity index (χ2v) is 8.90. The number of benzene rings is 1. The van der Waals surface area contributed by atoms with E-state index in [9.17, 15) is 9.59 Å². The van der Waals surface area contributed by atoms with E-state index in [1.54, 1.807) is 13.1 Å². The molecule has 130 valence electrons. The lowest BCUT2D eigenvalue weighted by atomic mass is 10.1. The molecule has 25 heavy (non-hydrogen) atoms. The molecule has 1 aromatic heterocycles. The fourth-order valence-electron chi connectivity index (χ4n) is 2.30.